The molecule has 0 unspecified atom stereocenters. The first kappa shape index (κ1) is 21.7. The Hall–Kier alpha value is -4.12. The van der Waals surface area contributed by atoms with E-state index in [0.717, 1.165) is 34.2 Å². The second-order valence-corrected chi connectivity index (χ2v) is 8.51. The molecule has 0 spiro atoms. The number of aryl methyl sites for hydroxylation is 1. The number of carbonyl (C=O) groups excluding carboxylic acids is 2. The number of nitrogens with zero attached hydrogens (tertiary/aromatic N) is 1. The van der Waals surface area contributed by atoms with Crippen LogP contribution in [-0.2, 0) is 16.0 Å². The zero-order chi connectivity index (χ0) is 23.5. The van der Waals surface area contributed by atoms with Gasteiger partial charge in [0.1, 0.15) is 11.5 Å². The average Bonchev–Trinajstić information content (AvgIpc) is 3.26. The van der Waals surface area contributed by atoms with Crippen molar-refractivity contribution in [1.82, 2.24) is 0 Å². The number of rotatable bonds is 6. The van der Waals surface area contributed by atoms with Gasteiger partial charge in [0.05, 0.1) is 5.92 Å². The smallest absolute Gasteiger partial charge is 0.229 e. The molecular formula is C29H26N2O3. The molecule has 5 rings (SSSR count). The van der Waals surface area contributed by atoms with E-state index in [1.807, 2.05) is 78.9 Å². The molecule has 170 valence electrons. The van der Waals surface area contributed by atoms with Crippen molar-refractivity contribution in [2.24, 2.45) is 5.92 Å². The molecule has 0 saturated carbocycles. The van der Waals surface area contributed by atoms with E-state index in [1.54, 1.807) is 4.90 Å². The lowest BCUT2D eigenvalue weighted by atomic mass is 10.1. The predicted molar refractivity (Wildman–Crippen MR) is 135 cm³/mol. The Balaban J connectivity index is 1.22. The van der Waals surface area contributed by atoms with E-state index in [1.165, 1.54) is 0 Å². The van der Waals surface area contributed by atoms with Crippen LogP contribution in [0.4, 0.5) is 11.4 Å². The molecule has 34 heavy (non-hydrogen) atoms. The summed E-state index contributed by atoms with van der Waals surface area (Å²) in [5.41, 5.74) is 2.69. The van der Waals surface area contributed by atoms with Crippen LogP contribution in [0.1, 0.15) is 18.9 Å². The van der Waals surface area contributed by atoms with E-state index < -0.39 is 0 Å². The number of fused-ring (bicyclic) bond motifs is 1. The molecule has 1 saturated heterocycles. The number of anilines is 2. The normalized spacial score (nSPS) is 15.5. The highest BCUT2D eigenvalue weighted by Gasteiger charge is 2.35. The summed E-state index contributed by atoms with van der Waals surface area (Å²) in [6.45, 7) is 2.46. The number of benzene rings is 4. The lowest BCUT2D eigenvalue weighted by molar-refractivity contribution is -0.122. The highest BCUT2D eigenvalue weighted by molar-refractivity contribution is 6.03. The van der Waals surface area contributed by atoms with Gasteiger partial charge in [0.2, 0.25) is 11.8 Å². The fourth-order valence-corrected chi connectivity index (χ4v) is 4.41. The number of hydrogen-bond donors (Lipinski definition) is 1. The third kappa shape index (κ3) is 4.50. The molecule has 1 aliphatic heterocycles. The standard InChI is InChI=1S/C29H26N2O3/c1-2-20-7-5-6-10-27(20)31-19-23(18-28(31)32)29(33)30-24-12-15-25(16-13-24)34-26-14-11-21-8-3-4-9-22(21)17-26/h3-17,23H,2,18-19H2,1H3,(H,30,33)/t23-/m1/s1. The van der Waals surface area contributed by atoms with E-state index in [2.05, 4.69) is 24.4 Å². The summed E-state index contributed by atoms with van der Waals surface area (Å²) in [5.74, 6) is 0.901. The Morgan fingerprint density at radius 3 is 2.41 bits per heavy atom. The van der Waals surface area contributed by atoms with E-state index in [0.29, 0.717) is 18.0 Å². The molecule has 1 heterocycles. The minimum atomic E-state index is -0.383. The van der Waals surface area contributed by atoms with Gasteiger partial charge in [-0.1, -0.05) is 55.5 Å². The third-order valence-electron chi connectivity index (χ3n) is 6.24. The summed E-state index contributed by atoms with van der Waals surface area (Å²) in [7, 11) is 0. The molecule has 4 aromatic carbocycles. The highest BCUT2D eigenvalue weighted by Crippen LogP contribution is 2.30. The first-order valence-corrected chi connectivity index (χ1v) is 11.6. The second kappa shape index (κ2) is 9.40. The summed E-state index contributed by atoms with van der Waals surface area (Å²) in [6.07, 6.45) is 1.05. The van der Waals surface area contributed by atoms with Gasteiger partial charge in [-0.15, -0.1) is 0 Å². The number of hydrogen-bond acceptors (Lipinski definition) is 3. The lowest BCUT2D eigenvalue weighted by Gasteiger charge is -2.20. The number of amides is 2. The van der Waals surface area contributed by atoms with E-state index in [-0.39, 0.29) is 24.2 Å². The Bertz CT molecular complexity index is 1350. The number of ether oxygens (including phenoxy) is 1. The van der Waals surface area contributed by atoms with Gasteiger partial charge in [-0.3, -0.25) is 9.59 Å². The van der Waals surface area contributed by atoms with E-state index >= 15 is 0 Å². The van der Waals surface area contributed by atoms with Gasteiger partial charge >= 0.3 is 0 Å². The largest absolute Gasteiger partial charge is 0.457 e. The van der Waals surface area contributed by atoms with Gasteiger partial charge < -0.3 is 15.0 Å². The van der Waals surface area contributed by atoms with Crippen LogP contribution in [0.5, 0.6) is 11.5 Å². The summed E-state index contributed by atoms with van der Waals surface area (Å²) < 4.78 is 5.98. The SMILES string of the molecule is CCc1ccccc1N1C[C@H](C(=O)Nc2ccc(Oc3ccc4ccccc4c3)cc2)CC1=O. The van der Waals surface area contributed by atoms with Crippen LogP contribution in [0, 0.1) is 5.92 Å². The first-order chi connectivity index (χ1) is 16.6. The van der Waals surface area contributed by atoms with Gasteiger partial charge in [-0.05, 0) is 65.2 Å². The zero-order valence-electron chi connectivity index (χ0n) is 19.0. The van der Waals surface area contributed by atoms with E-state index in [9.17, 15) is 9.59 Å². The van der Waals surface area contributed by atoms with Crippen LogP contribution in [0.3, 0.4) is 0 Å². The van der Waals surface area contributed by atoms with Gasteiger partial charge in [0.15, 0.2) is 0 Å². The number of carbonyl (C=O) groups is 2. The topological polar surface area (TPSA) is 58.6 Å². The van der Waals surface area contributed by atoms with Gasteiger partial charge in [0.25, 0.3) is 0 Å². The fourth-order valence-electron chi connectivity index (χ4n) is 4.41. The maximum absolute atomic E-state index is 12.9. The molecular weight excluding hydrogens is 424 g/mol. The molecule has 5 heteroatoms. The van der Waals surface area contributed by atoms with Crippen molar-refractivity contribution in [3.8, 4) is 11.5 Å². The van der Waals surface area contributed by atoms with Crippen molar-refractivity contribution in [2.75, 3.05) is 16.8 Å². The molecule has 1 N–H and O–H groups in total. The second-order valence-electron chi connectivity index (χ2n) is 8.51. The molecule has 0 aromatic heterocycles. The zero-order valence-corrected chi connectivity index (χ0v) is 19.0. The molecule has 4 aromatic rings. The Kier molecular flexibility index (Phi) is 6.00. The van der Waals surface area contributed by atoms with Gasteiger partial charge in [-0.2, -0.15) is 0 Å². The monoisotopic (exact) mass is 450 g/mol. The van der Waals surface area contributed by atoms with Crippen LogP contribution >= 0.6 is 0 Å². The van der Waals surface area contributed by atoms with Crippen molar-refractivity contribution < 1.29 is 14.3 Å². The summed E-state index contributed by atoms with van der Waals surface area (Å²) in [6, 6.07) is 29.3. The molecule has 1 atom stereocenters. The Morgan fingerprint density at radius 2 is 1.62 bits per heavy atom. The minimum absolute atomic E-state index is 0.0137. The summed E-state index contributed by atoms with van der Waals surface area (Å²) >= 11 is 0. The fraction of sp³-hybridized carbons (Fsp3) is 0.172. The first-order valence-electron chi connectivity index (χ1n) is 11.6. The van der Waals surface area contributed by atoms with Crippen molar-refractivity contribution in [2.45, 2.75) is 19.8 Å². The van der Waals surface area contributed by atoms with Crippen LogP contribution in [0.2, 0.25) is 0 Å². The number of nitrogens with one attached hydrogen (secondary N) is 1. The minimum Gasteiger partial charge on any atom is -0.457 e. The predicted octanol–water partition coefficient (Wildman–Crippen LogP) is 6.19. The maximum atomic E-state index is 12.9. The van der Waals surface area contributed by atoms with Crippen LogP contribution < -0.4 is 15.0 Å². The summed E-state index contributed by atoms with van der Waals surface area (Å²) in [5, 5.41) is 5.23. The van der Waals surface area contributed by atoms with Crippen LogP contribution in [-0.4, -0.2) is 18.4 Å². The average molecular weight is 451 g/mol. The highest BCUT2D eigenvalue weighted by atomic mass is 16.5. The van der Waals surface area contributed by atoms with Crippen molar-refractivity contribution >= 4 is 34.0 Å². The third-order valence-corrected chi connectivity index (χ3v) is 6.24. The van der Waals surface area contributed by atoms with Gasteiger partial charge in [0, 0.05) is 24.3 Å². The Labute approximate surface area is 199 Å². The molecule has 0 bridgehead atoms. The lowest BCUT2D eigenvalue weighted by Crippen LogP contribution is -2.28. The molecule has 0 aliphatic carbocycles. The molecule has 5 nitrogen and oxygen atoms in total. The summed E-state index contributed by atoms with van der Waals surface area (Å²) in [4.78, 5) is 27.3. The van der Waals surface area contributed by atoms with Crippen LogP contribution in [0.25, 0.3) is 10.8 Å². The van der Waals surface area contributed by atoms with Crippen molar-refractivity contribution in [3.63, 3.8) is 0 Å². The quantitative estimate of drug-likeness (QED) is 0.381. The Morgan fingerprint density at radius 1 is 0.912 bits per heavy atom. The molecule has 0 radical (unpaired) electrons. The van der Waals surface area contributed by atoms with Crippen molar-refractivity contribution in [1.29, 1.82) is 0 Å². The molecule has 1 fully saturated rings. The van der Waals surface area contributed by atoms with Gasteiger partial charge in [-0.25, -0.2) is 0 Å². The maximum Gasteiger partial charge on any atom is 0.229 e. The van der Waals surface area contributed by atoms with E-state index in [4.69, 9.17) is 4.74 Å². The van der Waals surface area contributed by atoms with Crippen LogP contribution in [0.15, 0.2) is 91.0 Å². The van der Waals surface area contributed by atoms with Crippen molar-refractivity contribution in [3.05, 3.63) is 96.6 Å². The molecule has 2 amide bonds. The molecule has 1 aliphatic rings. The number of para-hydroxylation sites is 1.